The van der Waals surface area contributed by atoms with Gasteiger partial charge in [0.2, 0.25) is 0 Å². The van der Waals surface area contributed by atoms with Crippen molar-refractivity contribution in [2.24, 2.45) is 0 Å². The number of carbonyl (C=O) groups excluding carboxylic acids is 1. The van der Waals surface area contributed by atoms with Gasteiger partial charge in [0.15, 0.2) is 0 Å². The molecular weight excluding hydrogens is 276 g/mol. The number of amides is 1. The summed E-state index contributed by atoms with van der Waals surface area (Å²) in [5.74, 6) is -1.46. The fourth-order valence-electron chi connectivity index (χ4n) is 2.28. The van der Waals surface area contributed by atoms with Crippen LogP contribution in [0.2, 0.25) is 0 Å². The Labute approximate surface area is 121 Å². The number of nitro benzene ring substituents is 1. The minimum Gasteiger partial charge on any atom is -0.481 e. The summed E-state index contributed by atoms with van der Waals surface area (Å²) in [6, 6.07) is 4.59. The molecule has 0 spiro atoms. The highest BCUT2D eigenvalue weighted by molar-refractivity contribution is 5.99. The third-order valence-corrected chi connectivity index (χ3v) is 3.47. The number of carboxylic acids is 1. The number of nitrogens with zero attached hydrogens (tertiary/aromatic N) is 2. The first-order chi connectivity index (χ1) is 9.91. The topological polar surface area (TPSA) is 101 Å². The molecule has 1 aliphatic carbocycles. The first-order valence-electron chi connectivity index (χ1n) is 6.68. The SMILES string of the molecule is Cc1cccc(C(=O)N(CCC(=O)O)C2CC2)c1[N+](=O)[O-]. The molecule has 1 aliphatic rings. The van der Waals surface area contributed by atoms with Crippen LogP contribution in [0.4, 0.5) is 5.69 Å². The predicted molar refractivity (Wildman–Crippen MR) is 74.1 cm³/mol. The predicted octanol–water partition coefficient (Wildman–Crippen LogP) is 1.98. The Morgan fingerprint density at radius 3 is 2.62 bits per heavy atom. The van der Waals surface area contributed by atoms with Crippen molar-refractivity contribution in [3.8, 4) is 0 Å². The van der Waals surface area contributed by atoms with Crippen molar-refractivity contribution in [1.29, 1.82) is 0 Å². The third-order valence-electron chi connectivity index (χ3n) is 3.47. The standard InChI is InChI=1S/C14H16N2O5/c1-9-3-2-4-11(13(9)16(20)21)14(19)15(10-5-6-10)8-7-12(17)18/h2-4,10H,5-8H2,1H3,(H,17,18). The van der Waals surface area contributed by atoms with Gasteiger partial charge < -0.3 is 10.0 Å². The van der Waals surface area contributed by atoms with Crippen LogP contribution >= 0.6 is 0 Å². The number of hydrogen-bond acceptors (Lipinski definition) is 4. The van der Waals surface area contributed by atoms with E-state index in [9.17, 15) is 19.7 Å². The van der Waals surface area contributed by atoms with Gasteiger partial charge >= 0.3 is 5.97 Å². The Morgan fingerprint density at radius 1 is 1.43 bits per heavy atom. The minimum absolute atomic E-state index is 0.00281. The van der Waals surface area contributed by atoms with Crippen molar-refractivity contribution in [3.05, 3.63) is 39.4 Å². The highest BCUT2D eigenvalue weighted by Gasteiger charge is 2.35. The molecule has 0 unspecified atom stereocenters. The average Bonchev–Trinajstić information content (AvgIpc) is 3.22. The molecule has 0 radical (unpaired) electrons. The van der Waals surface area contributed by atoms with Crippen LogP contribution in [-0.2, 0) is 4.79 Å². The Bertz CT molecular complexity index is 595. The lowest BCUT2D eigenvalue weighted by atomic mass is 10.1. The largest absolute Gasteiger partial charge is 0.481 e. The molecule has 0 saturated heterocycles. The van der Waals surface area contributed by atoms with Gasteiger partial charge in [0.1, 0.15) is 5.56 Å². The second kappa shape index (κ2) is 5.90. The summed E-state index contributed by atoms with van der Waals surface area (Å²) in [5.41, 5.74) is 0.237. The van der Waals surface area contributed by atoms with Gasteiger partial charge in [-0.1, -0.05) is 12.1 Å². The Kier molecular flexibility index (Phi) is 4.21. The van der Waals surface area contributed by atoms with E-state index in [1.54, 1.807) is 19.1 Å². The average molecular weight is 292 g/mol. The van der Waals surface area contributed by atoms with Crippen LogP contribution in [-0.4, -0.2) is 39.4 Å². The van der Waals surface area contributed by atoms with E-state index in [0.717, 1.165) is 12.8 Å². The Balaban J connectivity index is 2.30. The number of carbonyl (C=O) groups is 2. The van der Waals surface area contributed by atoms with Gasteiger partial charge in [-0.15, -0.1) is 0 Å². The smallest absolute Gasteiger partial charge is 0.305 e. The van der Waals surface area contributed by atoms with E-state index in [4.69, 9.17) is 5.11 Å². The third kappa shape index (κ3) is 3.36. The van der Waals surface area contributed by atoms with Crippen molar-refractivity contribution >= 4 is 17.6 Å². The number of benzene rings is 1. The van der Waals surface area contributed by atoms with E-state index in [-0.39, 0.29) is 30.3 Å². The van der Waals surface area contributed by atoms with Crippen molar-refractivity contribution in [1.82, 2.24) is 4.90 Å². The summed E-state index contributed by atoms with van der Waals surface area (Å²) < 4.78 is 0. The van der Waals surface area contributed by atoms with Crippen LogP contribution in [0.15, 0.2) is 18.2 Å². The summed E-state index contributed by atoms with van der Waals surface area (Å²) in [6.07, 6.45) is 1.46. The zero-order valence-corrected chi connectivity index (χ0v) is 11.6. The number of nitro groups is 1. The van der Waals surface area contributed by atoms with Gasteiger partial charge in [-0.3, -0.25) is 19.7 Å². The summed E-state index contributed by atoms with van der Waals surface area (Å²) >= 11 is 0. The molecular formula is C14H16N2O5. The molecule has 1 aromatic carbocycles. The van der Waals surface area contributed by atoms with E-state index >= 15 is 0 Å². The molecule has 1 aromatic rings. The molecule has 0 aromatic heterocycles. The van der Waals surface area contributed by atoms with E-state index in [1.807, 2.05) is 0 Å². The number of para-hydroxylation sites is 1. The van der Waals surface area contributed by atoms with Crippen LogP contribution < -0.4 is 0 Å². The van der Waals surface area contributed by atoms with Crippen LogP contribution in [0, 0.1) is 17.0 Å². The highest BCUT2D eigenvalue weighted by Crippen LogP contribution is 2.31. The van der Waals surface area contributed by atoms with Gasteiger partial charge in [-0.25, -0.2) is 0 Å². The number of carboxylic acid groups (broad SMARTS) is 1. The Hall–Kier alpha value is -2.44. The van der Waals surface area contributed by atoms with Crippen LogP contribution in [0.1, 0.15) is 35.2 Å². The van der Waals surface area contributed by atoms with Gasteiger partial charge in [0.05, 0.1) is 11.3 Å². The summed E-state index contributed by atoms with van der Waals surface area (Å²) in [7, 11) is 0. The number of rotatable bonds is 6. The quantitative estimate of drug-likeness (QED) is 0.638. The van der Waals surface area contributed by atoms with Crippen LogP contribution in [0.5, 0.6) is 0 Å². The first-order valence-corrected chi connectivity index (χ1v) is 6.68. The summed E-state index contributed by atoms with van der Waals surface area (Å²) in [5, 5.41) is 19.9. The van der Waals surface area contributed by atoms with Crippen molar-refractivity contribution in [3.63, 3.8) is 0 Å². The van der Waals surface area contributed by atoms with Crippen LogP contribution in [0.3, 0.4) is 0 Å². The number of hydrogen-bond donors (Lipinski definition) is 1. The lowest BCUT2D eigenvalue weighted by Gasteiger charge is -2.21. The van der Waals surface area contributed by atoms with E-state index in [1.165, 1.54) is 11.0 Å². The fourth-order valence-corrected chi connectivity index (χ4v) is 2.28. The zero-order chi connectivity index (χ0) is 15.6. The molecule has 112 valence electrons. The molecule has 7 heteroatoms. The second-order valence-corrected chi connectivity index (χ2v) is 5.10. The van der Waals surface area contributed by atoms with E-state index in [0.29, 0.717) is 5.56 Å². The summed E-state index contributed by atoms with van der Waals surface area (Å²) in [4.78, 5) is 35.3. The molecule has 1 N–H and O–H groups in total. The van der Waals surface area contributed by atoms with Gasteiger partial charge in [0, 0.05) is 18.2 Å². The number of aryl methyl sites for hydroxylation is 1. The van der Waals surface area contributed by atoms with E-state index in [2.05, 4.69) is 0 Å². The molecule has 21 heavy (non-hydrogen) atoms. The van der Waals surface area contributed by atoms with Gasteiger partial charge in [0.25, 0.3) is 11.6 Å². The molecule has 7 nitrogen and oxygen atoms in total. The lowest BCUT2D eigenvalue weighted by molar-refractivity contribution is -0.385. The maximum absolute atomic E-state index is 12.5. The van der Waals surface area contributed by atoms with Crippen LogP contribution in [0.25, 0.3) is 0 Å². The van der Waals surface area contributed by atoms with Gasteiger partial charge in [-0.05, 0) is 25.8 Å². The molecule has 1 saturated carbocycles. The molecule has 2 rings (SSSR count). The first kappa shape index (κ1) is 15.0. The number of aliphatic carboxylic acids is 1. The normalized spacial score (nSPS) is 13.8. The monoisotopic (exact) mass is 292 g/mol. The van der Waals surface area contributed by atoms with Gasteiger partial charge in [-0.2, -0.15) is 0 Å². The lowest BCUT2D eigenvalue weighted by Crippen LogP contribution is -2.35. The summed E-state index contributed by atoms with van der Waals surface area (Å²) in [6.45, 7) is 1.65. The molecule has 0 atom stereocenters. The molecule has 0 heterocycles. The molecule has 0 aliphatic heterocycles. The maximum atomic E-state index is 12.5. The minimum atomic E-state index is -0.993. The van der Waals surface area contributed by atoms with E-state index < -0.39 is 16.8 Å². The molecule has 0 bridgehead atoms. The fraction of sp³-hybridized carbons (Fsp3) is 0.429. The molecule has 1 amide bonds. The van der Waals surface area contributed by atoms with Crippen molar-refractivity contribution in [2.45, 2.75) is 32.2 Å². The maximum Gasteiger partial charge on any atom is 0.305 e. The zero-order valence-electron chi connectivity index (χ0n) is 11.6. The second-order valence-electron chi connectivity index (χ2n) is 5.10. The molecule has 1 fully saturated rings. The van der Waals surface area contributed by atoms with Crippen molar-refractivity contribution in [2.75, 3.05) is 6.54 Å². The Morgan fingerprint density at radius 2 is 2.10 bits per heavy atom. The van der Waals surface area contributed by atoms with Crippen molar-refractivity contribution < 1.29 is 19.6 Å². The highest BCUT2D eigenvalue weighted by atomic mass is 16.6.